The second kappa shape index (κ2) is 8.77. The highest BCUT2D eigenvalue weighted by molar-refractivity contribution is 5.78. The van der Waals surface area contributed by atoms with Crippen molar-refractivity contribution in [1.29, 1.82) is 0 Å². The molecule has 2 rings (SSSR count). The zero-order valence-electron chi connectivity index (χ0n) is 14.4. The van der Waals surface area contributed by atoms with E-state index in [1.807, 2.05) is 23.1 Å². The molecule has 0 radical (unpaired) electrons. The van der Waals surface area contributed by atoms with Crippen LogP contribution in [0.3, 0.4) is 0 Å². The molecule has 1 atom stereocenters. The number of methoxy groups -OCH3 is 1. The minimum absolute atomic E-state index is 0.0482. The smallest absolute Gasteiger partial charge is 0.260 e. The van der Waals surface area contributed by atoms with Gasteiger partial charge in [-0.1, -0.05) is 13.0 Å². The fraction of sp³-hybridized carbons (Fsp3) is 0.611. The molecule has 23 heavy (non-hydrogen) atoms. The molecule has 0 saturated carbocycles. The highest BCUT2D eigenvalue weighted by Crippen LogP contribution is 2.28. The molecule has 128 valence electrons. The number of rotatable bonds is 8. The number of ether oxygens (including phenoxy) is 2. The average Bonchev–Trinajstić information content (AvgIpc) is 3.12. The lowest BCUT2D eigenvalue weighted by atomic mass is 10.1. The molecule has 1 aliphatic heterocycles. The normalized spacial score (nSPS) is 15.5. The van der Waals surface area contributed by atoms with Crippen LogP contribution in [-0.4, -0.2) is 43.7 Å². The van der Waals surface area contributed by atoms with Gasteiger partial charge in [-0.3, -0.25) is 4.79 Å². The molecule has 0 spiro atoms. The first-order valence-corrected chi connectivity index (χ1v) is 8.45. The van der Waals surface area contributed by atoms with Crippen molar-refractivity contribution >= 4 is 5.91 Å². The van der Waals surface area contributed by atoms with E-state index in [0.717, 1.165) is 44.5 Å². The summed E-state index contributed by atoms with van der Waals surface area (Å²) >= 11 is 0. The summed E-state index contributed by atoms with van der Waals surface area (Å²) in [4.78, 5) is 13.9. The van der Waals surface area contributed by atoms with Crippen molar-refractivity contribution < 1.29 is 14.3 Å². The summed E-state index contributed by atoms with van der Waals surface area (Å²) in [6.07, 6.45) is 3.27. The molecule has 1 aliphatic rings. The fourth-order valence-corrected chi connectivity index (χ4v) is 2.57. The van der Waals surface area contributed by atoms with E-state index in [0.29, 0.717) is 17.5 Å². The van der Waals surface area contributed by atoms with Gasteiger partial charge in [-0.15, -0.1) is 0 Å². The summed E-state index contributed by atoms with van der Waals surface area (Å²) in [5, 5.41) is 3.45. The first-order valence-electron chi connectivity index (χ1n) is 8.45. The quantitative estimate of drug-likeness (QED) is 0.800. The standard InChI is InChI=1S/C18H28N2O3/c1-4-14(2)19-12-15-7-8-16(17(11-15)22-3)23-13-18(21)20-9-5-6-10-20/h7-8,11,14,19H,4-6,9-10,12-13H2,1-3H3/t14-/m1/s1. The van der Waals surface area contributed by atoms with E-state index in [4.69, 9.17) is 9.47 Å². The Morgan fingerprint density at radius 1 is 1.30 bits per heavy atom. The van der Waals surface area contributed by atoms with Gasteiger partial charge < -0.3 is 19.7 Å². The first-order chi connectivity index (χ1) is 11.1. The lowest BCUT2D eigenvalue weighted by Gasteiger charge is -2.17. The van der Waals surface area contributed by atoms with E-state index >= 15 is 0 Å². The average molecular weight is 320 g/mol. The van der Waals surface area contributed by atoms with Crippen LogP contribution in [0.4, 0.5) is 0 Å². The van der Waals surface area contributed by atoms with Crippen molar-refractivity contribution in [1.82, 2.24) is 10.2 Å². The lowest BCUT2D eigenvalue weighted by molar-refractivity contribution is -0.132. The number of nitrogens with one attached hydrogen (secondary N) is 1. The molecule has 1 fully saturated rings. The molecular weight excluding hydrogens is 292 g/mol. The Bertz CT molecular complexity index is 513. The van der Waals surface area contributed by atoms with E-state index in [9.17, 15) is 4.79 Å². The largest absolute Gasteiger partial charge is 0.493 e. The maximum absolute atomic E-state index is 12.0. The number of amides is 1. The van der Waals surface area contributed by atoms with Crippen molar-refractivity contribution in [3.8, 4) is 11.5 Å². The highest BCUT2D eigenvalue weighted by atomic mass is 16.5. The molecule has 1 heterocycles. The van der Waals surface area contributed by atoms with Crippen LogP contribution in [0.15, 0.2) is 18.2 Å². The maximum atomic E-state index is 12.0. The number of nitrogens with zero attached hydrogens (tertiary/aromatic N) is 1. The van der Waals surface area contributed by atoms with E-state index < -0.39 is 0 Å². The first kappa shape index (κ1) is 17.6. The Morgan fingerprint density at radius 3 is 2.70 bits per heavy atom. The maximum Gasteiger partial charge on any atom is 0.260 e. The topological polar surface area (TPSA) is 50.8 Å². The molecule has 0 unspecified atom stereocenters. The van der Waals surface area contributed by atoms with Crippen LogP contribution < -0.4 is 14.8 Å². The van der Waals surface area contributed by atoms with E-state index in [1.165, 1.54) is 0 Å². The van der Waals surface area contributed by atoms with Crippen LogP contribution in [0.25, 0.3) is 0 Å². The Labute approximate surface area is 139 Å². The van der Waals surface area contributed by atoms with Crippen LogP contribution in [0.1, 0.15) is 38.7 Å². The van der Waals surface area contributed by atoms with Gasteiger partial charge in [0.1, 0.15) is 0 Å². The Kier molecular flexibility index (Phi) is 6.71. The number of carbonyl (C=O) groups excluding carboxylic acids is 1. The van der Waals surface area contributed by atoms with E-state index in [1.54, 1.807) is 7.11 Å². The highest BCUT2D eigenvalue weighted by Gasteiger charge is 2.18. The Hall–Kier alpha value is -1.75. The predicted molar refractivity (Wildman–Crippen MR) is 90.9 cm³/mol. The SMILES string of the molecule is CC[C@@H](C)NCc1ccc(OCC(=O)N2CCCC2)c(OC)c1. The van der Waals surface area contributed by atoms with Crippen molar-refractivity contribution in [2.24, 2.45) is 0 Å². The predicted octanol–water partition coefficient (Wildman–Crippen LogP) is 2.58. The molecule has 0 aliphatic carbocycles. The van der Waals surface area contributed by atoms with Crippen LogP contribution in [-0.2, 0) is 11.3 Å². The summed E-state index contributed by atoms with van der Waals surface area (Å²) < 4.78 is 11.1. The molecule has 1 saturated heterocycles. The van der Waals surface area contributed by atoms with Gasteiger partial charge in [0, 0.05) is 25.7 Å². The second-order valence-corrected chi connectivity index (χ2v) is 6.05. The molecule has 5 nitrogen and oxygen atoms in total. The van der Waals surface area contributed by atoms with E-state index in [2.05, 4.69) is 19.2 Å². The number of hydrogen-bond acceptors (Lipinski definition) is 4. The van der Waals surface area contributed by atoms with Crippen molar-refractivity contribution in [2.45, 2.75) is 45.7 Å². The lowest BCUT2D eigenvalue weighted by Crippen LogP contribution is -2.32. The van der Waals surface area contributed by atoms with Gasteiger partial charge in [0.2, 0.25) is 0 Å². The van der Waals surface area contributed by atoms with Crippen molar-refractivity contribution in [3.63, 3.8) is 0 Å². The third kappa shape index (κ3) is 5.13. The fourth-order valence-electron chi connectivity index (χ4n) is 2.57. The molecular formula is C18H28N2O3. The molecule has 0 aromatic heterocycles. The Morgan fingerprint density at radius 2 is 2.04 bits per heavy atom. The van der Waals surface area contributed by atoms with Gasteiger partial charge in [0.15, 0.2) is 18.1 Å². The summed E-state index contributed by atoms with van der Waals surface area (Å²) in [5.41, 5.74) is 1.14. The summed E-state index contributed by atoms with van der Waals surface area (Å²) in [6, 6.07) is 6.33. The zero-order chi connectivity index (χ0) is 16.7. The minimum atomic E-state index is 0.0482. The van der Waals surface area contributed by atoms with Crippen molar-refractivity contribution in [2.75, 3.05) is 26.8 Å². The monoisotopic (exact) mass is 320 g/mol. The second-order valence-electron chi connectivity index (χ2n) is 6.05. The third-order valence-electron chi connectivity index (χ3n) is 4.30. The van der Waals surface area contributed by atoms with Gasteiger partial charge in [0.05, 0.1) is 7.11 Å². The summed E-state index contributed by atoms with van der Waals surface area (Å²) in [6.45, 7) is 6.88. The number of carbonyl (C=O) groups is 1. The van der Waals surface area contributed by atoms with Gasteiger partial charge >= 0.3 is 0 Å². The number of likely N-dealkylation sites (tertiary alicyclic amines) is 1. The van der Waals surface area contributed by atoms with Gasteiger partial charge in [-0.05, 0) is 43.9 Å². The number of hydrogen-bond donors (Lipinski definition) is 1. The third-order valence-corrected chi connectivity index (χ3v) is 4.30. The van der Waals surface area contributed by atoms with Crippen LogP contribution in [0, 0.1) is 0 Å². The van der Waals surface area contributed by atoms with Gasteiger partial charge in [-0.2, -0.15) is 0 Å². The van der Waals surface area contributed by atoms with E-state index in [-0.39, 0.29) is 12.5 Å². The van der Waals surface area contributed by atoms with Gasteiger partial charge in [0.25, 0.3) is 5.91 Å². The van der Waals surface area contributed by atoms with Crippen LogP contribution in [0.2, 0.25) is 0 Å². The molecule has 5 heteroatoms. The zero-order valence-corrected chi connectivity index (χ0v) is 14.4. The van der Waals surface area contributed by atoms with Gasteiger partial charge in [-0.25, -0.2) is 0 Å². The number of benzene rings is 1. The summed E-state index contributed by atoms with van der Waals surface area (Å²) in [5.74, 6) is 1.34. The molecule has 1 amide bonds. The molecule has 1 N–H and O–H groups in total. The minimum Gasteiger partial charge on any atom is -0.493 e. The molecule has 1 aromatic carbocycles. The van der Waals surface area contributed by atoms with Crippen LogP contribution >= 0.6 is 0 Å². The van der Waals surface area contributed by atoms with Crippen molar-refractivity contribution in [3.05, 3.63) is 23.8 Å². The molecule has 1 aromatic rings. The molecule has 0 bridgehead atoms. The van der Waals surface area contributed by atoms with Crippen LogP contribution in [0.5, 0.6) is 11.5 Å². The Balaban J connectivity index is 1.91. The summed E-state index contributed by atoms with van der Waals surface area (Å²) in [7, 11) is 1.62.